The fourth-order valence-corrected chi connectivity index (χ4v) is 3.11. The van der Waals surface area contributed by atoms with Gasteiger partial charge >= 0.3 is 0 Å². The molecular weight excluding hydrogens is 232 g/mol. The van der Waals surface area contributed by atoms with Crippen LogP contribution in [0.5, 0.6) is 0 Å². The van der Waals surface area contributed by atoms with Gasteiger partial charge in [0, 0.05) is 26.3 Å². The van der Waals surface area contributed by atoms with E-state index in [-0.39, 0.29) is 10.7 Å². The summed E-state index contributed by atoms with van der Waals surface area (Å²) in [5, 5.41) is 3.83. The van der Waals surface area contributed by atoms with E-state index < -0.39 is 10.0 Å². The van der Waals surface area contributed by atoms with E-state index >= 15 is 0 Å². The number of nitrogens with zero attached hydrogens (tertiary/aromatic N) is 3. The molecule has 2 rings (SSSR count). The highest BCUT2D eigenvalue weighted by atomic mass is 32.2. The molecule has 16 heavy (non-hydrogen) atoms. The molecule has 2 N–H and O–H groups in total. The van der Waals surface area contributed by atoms with Gasteiger partial charge in [0.1, 0.15) is 4.90 Å². The predicted molar refractivity (Wildman–Crippen MR) is 57.2 cm³/mol. The number of aromatic nitrogens is 2. The second-order valence-corrected chi connectivity index (χ2v) is 5.48. The number of hydrogen-bond donors (Lipinski definition) is 1. The van der Waals surface area contributed by atoms with Crippen molar-refractivity contribution in [2.45, 2.75) is 4.90 Å². The van der Waals surface area contributed by atoms with E-state index in [4.69, 9.17) is 10.5 Å². The molecule has 90 valence electrons. The summed E-state index contributed by atoms with van der Waals surface area (Å²) in [5.74, 6) is 0.0361. The Kier molecular flexibility index (Phi) is 2.87. The summed E-state index contributed by atoms with van der Waals surface area (Å²) in [6, 6.07) is 0. The lowest BCUT2D eigenvalue weighted by Crippen LogP contribution is -2.40. The first kappa shape index (κ1) is 11.4. The van der Waals surface area contributed by atoms with Gasteiger partial charge in [0.25, 0.3) is 0 Å². The van der Waals surface area contributed by atoms with E-state index in [1.54, 1.807) is 7.05 Å². The van der Waals surface area contributed by atoms with Gasteiger partial charge in [-0.1, -0.05) is 0 Å². The van der Waals surface area contributed by atoms with Crippen LogP contribution in [-0.4, -0.2) is 48.8 Å². The van der Waals surface area contributed by atoms with Crippen LogP contribution in [0, 0.1) is 0 Å². The van der Waals surface area contributed by atoms with Crippen molar-refractivity contribution in [2.24, 2.45) is 7.05 Å². The second-order valence-electron chi connectivity index (χ2n) is 3.57. The highest BCUT2D eigenvalue weighted by molar-refractivity contribution is 7.89. The summed E-state index contributed by atoms with van der Waals surface area (Å²) in [6.07, 6.45) is 1.42. The van der Waals surface area contributed by atoms with Crippen molar-refractivity contribution >= 4 is 15.8 Å². The average molecular weight is 246 g/mol. The maximum Gasteiger partial charge on any atom is 0.248 e. The molecule has 1 aliphatic rings. The SMILES string of the molecule is Cn1cc(S(=O)(=O)N2CCOCC2)c(N)n1. The monoisotopic (exact) mass is 246 g/mol. The Morgan fingerprint density at radius 2 is 2.06 bits per heavy atom. The second kappa shape index (κ2) is 4.04. The normalized spacial score (nSPS) is 18.8. The number of anilines is 1. The molecular formula is C8H14N4O3S. The van der Waals surface area contributed by atoms with Crippen LogP contribution in [0.2, 0.25) is 0 Å². The van der Waals surface area contributed by atoms with Gasteiger partial charge in [0.05, 0.1) is 13.2 Å². The Hall–Kier alpha value is -1.12. The Bertz CT molecular complexity index is 475. The highest BCUT2D eigenvalue weighted by Gasteiger charge is 2.29. The lowest BCUT2D eigenvalue weighted by atomic mass is 10.5. The number of nitrogens with two attached hydrogens (primary N) is 1. The third kappa shape index (κ3) is 1.91. The molecule has 1 aliphatic heterocycles. The summed E-state index contributed by atoms with van der Waals surface area (Å²) in [6.45, 7) is 1.55. The minimum absolute atomic E-state index is 0.0361. The molecule has 7 nitrogen and oxygen atoms in total. The van der Waals surface area contributed by atoms with Crippen LogP contribution in [0.25, 0.3) is 0 Å². The van der Waals surface area contributed by atoms with Crippen LogP contribution >= 0.6 is 0 Å². The van der Waals surface area contributed by atoms with Crippen molar-refractivity contribution in [3.8, 4) is 0 Å². The zero-order valence-electron chi connectivity index (χ0n) is 8.96. The van der Waals surface area contributed by atoms with E-state index in [9.17, 15) is 8.42 Å². The Labute approximate surface area is 93.8 Å². The largest absolute Gasteiger partial charge is 0.381 e. The molecule has 0 amide bonds. The summed E-state index contributed by atoms with van der Waals surface area (Å²) in [5.41, 5.74) is 5.57. The molecule has 0 unspecified atom stereocenters. The van der Waals surface area contributed by atoms with Gasteiger partial charge < -0.3 is 10.5 Å². The molecule has 0 aromatic carbocycles. The fraction of sp³-hybridized carbons (Fsp3) is 0.625. The number of nitrogen functional groups attached to an aromatic ring is 1. The summed E-state index contributed by atoms with van der Waals surface area (Å²) >= 11 is 0. The van der Waals surface area contributed by atoms with E-state index in [1.165, 1.54) is 15.2 Å². The first-order valence-corrected chi connectivity index (χ1v) is 6.33. The number of hydrogen-bond acceptors (Lipinski definition) is 5. The van der Waals surface area contributed by atoms with Crippen LogP contribution in [0.3, 0.4) is 0 Å². The molecule has 0 radical (unpaired) electrons. The first-order chi connectivity index (χ1) is 7.51. The van der Waals surface area contributed by atoms with Crippen LogP contribution in [0.15, 0.2) is 11.1 Å². The molecule has 0 spiro atoms. The van der Waals surface area contributed by atoms with Gasteiger partial charge in [-0.15, -0.1) is 0 Å². The van der Waals surface area contributed by atoms with Gasteiger partial charge in [-0.2, -0.15) is 9.40 Å². The molecule has 8 heteroatoms. The summed E-state index contributed by atoms with van der Waals surface area (Å²) in [7, 11) is -1.89. The first-order valence-electron chi connectivity index (χ1n) is 4.89. The van der Waals surface area contributed by atoms with Gasteiger partial charge in [-0.25, -0.2) is 8.42 Å². The Balaban J connectivity index is 2.34. The summed E-state index contributed by atoms with van der Waals surface area (Å²) < 4.78 is 32.2. The van der Waals surface area contributed by atoms with Crippen molar-refractivity contribution in [2.75, 3.05) is 32.0 Å². The molecule has 1 aromatic rings. The third-order valence-corrected chi connectivity index (χ3v) is 4.33. The van der Waals surface area contributed by atoms with Crippen molar-refractivity contribution < 1.29 is 13.2 Å². The van der Waals surface area contributed by atoms with Crippen molar-refractivity contribution in [3.05, 3.63) is 6.20 Å². The number of ether oxygens (including phenoxy) is 1. The van der Waals surface area contributed by atoms with Crippen LogP contribution in [-0.2, 0) is 21.8 Å². The highest BCUT2D eigenvalue weighted by Crippen LogP contribution is 2.21. The van der Waals surface area contributed by atoms with Gasteiger partial charge in [0.15, 0.2) is 5.82 Å². The molecule has 1 fully saturated rings. The fourth-order valence-electron chi connectivity index (χ4n) is 1.61. The Morgan fingerprint density at radius 3 is 2.56 bits per heavy atom. The van der Waals surface area contributed by atoms with Gasteiger partial charge in [0.2, 0.25) is 10.0 Å². The summed E-state index contributed by atoms with van der Waals surface area (Å²) in [4.78, 5) is 0.0666. The van der Waals surface area contributed by atoms with Crippen LogP contribution in [0.1, 0.15) is 0 Å². The van der Waals surface area contributed by atoms with Crippen molar-refractivity contribution in [1.29, 1.82) is 0 Å². The van der Waals surface area contributed by atoms with Crippen LogP contribution < -0.4 is 5.73 Å². The van der Waals surface area contributed by atoms with Gasteiger partial charge in [-0.05, 0) is 0 Å². The number of morpholine rings is 1. The minimum atomic E-state index is -3.53. The molecule has 0 bridgehead atoms. The van der Waals surface area contributed by atoms with E-state index in [0.717, 1.165) is 0 Å². The molecule has 1 aromatic heterocycles. The zero-order valence-corrected chi connectivity index (χ0v) is 9.77. The maximum absolute atomic E-state index is 12.2. The Morgan fingerprint density at radius 1 is 1.44 bits per heavy atom. The molecule has 1 saturated heterocycles. The lowest BCUT2D eigenvalue weighted by Gasteiger charge is -2.25. The standard InChI is InChI=1S/C8H14N4O3S/c1-11-6-7(8(9)10-11)16(13,14)12-2-4-15-5-3-12/h6H,2-5H2,1H3,(H2,9,10). The predicted octanol–water partition coefficient (Wildman–Crippen LogP) is -0.977. The molecule has 0 atom stereocenters. The minimum Gasteiger partial charge on any atom is -0.381 e. The topological polar surface area (TPSA) is 90.5 Å². The van der Waals surface area contributed by atoms with Crippen molar-refractivity contribution in [1.82, 2.24) is 14.1 Å². The van der Waals surface area contributed by atoms with Crippen LogP contribution in [0.4, 0.5) is 5.82 Å². The number of aryl methyl sites for hydroxylation is 1. The molecule has 0 saturated carbocycles. The third-order valence-electron chi connectivity index (χ3n) is 2.41. The van der Waals surface area contributed by atoms with E-state index in [2.05, 4.69) is 5.10 Å². The lowest BCUT2D eigenvalue weighted by molar-refractivity contribution is 0.0730. The van der Waals surface area contributed by atoms with Crippen molar-refractivity contribution in [3.63, 3.8) is 0 Å². The quantitative estimate of drug-likeness (QED) is 0.724. The van der Waals surface area contributed by atoms with Gasteiger partial charge in [-0.3, -0.25) is 4.68 Å². The maximum atomic E-state index is 12.2. The molecule has 0 aliphatic carbocycles. The average Bonchev–Trinajstić information content (AvgIpc) is 2.60. The zero-order chi connectivity index (χ0) is 11.8. The number of sulfonamides is 1. The number of rotatable bonds is 2. The van der Waals surface area contributed by atoms with E-state index in [0.29, 0.717) is 26.3 Å². The van der Waals surface area contributed by atoms with E-state index in [1.807, 2.05) is 0 Å². The smallest absolute Gasteiger partial charge is 0.248 e. The molecule has 2 heterocycles.